The van der Waals surface area contributed by atoms with Crippen molar-refractivity contribution in [3.8, 4) is 0 Å². The lowest BCUT2D eigenvalue weighted by molar-refractivity contribution is -0.0545. The lowest BCUT2D eigenvalue weighted by Crippen LogP contribution is -2.28. The van der Waals surface area contributed by atoms with E-state index in [1.165, 1.54) is 0 Å². The van der Waals surface area contributed by atoms with Crippen LogP contribution in [-0.4, -0.2) is 5.92 Å². The fourth-order valence-corrected chi connectivity index (χ4v) is 2.63. The third-order valence-electron chi connectivity index (χ3n) is 3.29. The highest BCUT2D eigenvalue weighted by Gasteiger charge is 2.36. The molecule has 0 bridgehead atoms. The Morgan fingerprint density at radius 2 is 2.29 bits per heavy atom. The Morgan fingerprint density at radius 1 is 1.53 bits per heavy atom. The first-order chi connectivity index (χ1) is 7.96. The molecule has 2 atom stereocenters. The minimum absolute atomic E-state index is 0.00528. The summed E-state index contributed by atoms with van der Waals surface area (Å²) < 4.78 is 31.6. The van der Waals surface area contributed by atoms with E-state index in [2.05, 4.69) is 0 Å². The lowest BCUT2D eigenvalue weighted by Gasteiger charge is -2.30. The molecule has 0 spiro atoms. The lowest BCUT2D eigenvalue weighted by atomic mass is 9.82. The molecule has 5 heteroatoms. The van der Waals surface area contributed by atoms with Gasteiger partial charge in [-0.05, 0) is 48.9 Å². The Morgan fingerprint density at radius 3 is 2.88 bits per heavy atom. The van der Waals surface area contributed by atoms with Gasteiger partial charge in [-0.3, -0.25) is 0 Å². The van der Waals surface area contributed by atoms with E-state index in [9.17, 15) is 8.78 Å². The van der Waals surface area contributed by atoms with Gasteiger partial charge in [-0.25, -0.2) is 8.78 Å². The van der Waals surface area contributed by atoms with Crippen molar-refractivity contribution >= 4 is 11.6 Å². The van der Waals surface area contributed by atoms with Crippen LogP contribution < -0.4 is 5.73 Å². The topological polar surface area (TPSA) is 39.2 Å². The molecule has 2 rings (SSSR count). The van der Waals surface area contributed by atoms with E-state index in [0.29, 0.717) is 18.6 Å². The molecule has 2 N–H and O–H groups in total. The molecule has 1 saturated carbocycles. The first kappa shape index (κ1) is 12.8. The highest BCUT2D eigenvalue weighted by Crippen LogP contribution is 2.40. The minimum Gasteiger partial charge on any atom is -0.448 e. The standard InChI is InChI=1S/C12H16ClF2NO/c13-11-4-3-10(17-11)9(16)6-8-2-1-5-12(14,15)7-8/h3-4,8-9H,1-2,5-7,16H2. The summed E-state index contributed by atoms with van der Waals surface area (Å²) in [6, 6.07) is 2.97. The average Bonchev–Trinajstić information content (AvgIpc) is 2.63. The maximum Gasteiger partial charge on any atom is 0.248 e. The van der Waals surface area contributed by atoms with Crippen molar-refractivity contribution in [2.75, 3.05) is 0 Å². The van der Waals surface area contributed by atoms with Crippen molar-refractivity contribution in [1.82, 2.24) is 0 Å². The van der Waals surface area contributed by atoms with Crippen LogP contribution in [-0.2, 0) is 0 Å². The van der Waals surface area contributed by atoms with Crippen molar-refractivity contribution in [3.05, 3.63) is 23.1 Å². The molecule has 1 aliphatic rings. The van der Waals surface area contributed by atoms with Crippen LogP contribution in [0.1, 0.15) is 43.9 Å². The van der Waals surface area contributed by atoms with Crippen molar-refractivity contribution < 1.29 is 13.2 Å². The molecule has 1 heterocycles. The normalized spacial score (nSPS) is 25.8. The summed E-state index contributed by atoms with van der Waals surface area (Å²) in [4.78, 5) is 0. The molecule has 96 valence electrons. The second-order valence-electron chi connectivity index (χ2n) is 4.80. The van der Waals surface area contributed by atoms with Gasteiger partial charge < -0.3 is 10.2 Å². The van der Waals surface area contributed by atoms with Crippen molar-refractivity contribution in [2.24, 2.45) is 11.7 Å². The molecule has 0 aliphatic heterocycles. The molecule has 1 fully saturated rings. The molecule has 1 aromatic heterocycles. The summed E-state index contributed by atoms with van der Waals surface area (Å²) >= 11 is 5.65. The highest BCUT2D eigenvalue weighted by molar-refractivity contribution is 6.28. The molecule has 0 aromatic carbocycles. The van der Waals surface area contributed by atoms with Gasteiger partial charge in [-0.1, -0.05) is 0 Å². The number of furan rings is 1. The van der Waals surface area contributed by atoms with E-state index in [1.807, 2.05) is 0 Å². The summed E-state index contributed by atoms with van der Waals surface area (Å²) in [7, 11) is 0. The van der Waals surface area contributed by atoms with E-state index in [-0.39, 0.29) is 30.0 Å². The predicted molar refractivity (Wildman–Crippen MR) is 62.2 cm³/mol. The van der Waals surface area contributed by atoms with Crippen LogP contribution in [0.25, 0.3) is 0 Å². The van der Waals surface area contributed by atoms with Gasteiger partial charge in [-0.15, -0.1) is 0 Å². The van der Waals surface area contributed by atoms with Gasteiger partial charge in [-0.2, -0.15) is 0 Å². The molecule has 17 heavy (non-hydrogen) atoms. The smallest absolute Gasteiger partial charge is 0.248 e. The van der Waals surface area contributed by atoms with E-state index in [1.54, 1.807) is 12.1 Å². The van der Waals surface area contributed by atoms with Crippen molar-refractivity contribution in [2.45, 2.75) is 44.1 Å². The molecule has 1 aromatic rings. The Kier molecular flexibility index (Phi) is 3.73. The van der Waals surface area contributed by atoms with Gasteiger partial charge in [0.2, 0.25) is 5.92 Å². The average molecular weight is 264 g/mol. The largest absolute Gasteiger partial charge is 0.448 e. The summed E-state index contributed by atoms with van der Waals surface area (Å²) in [5.41, 5.74) is 5.93. The molecule has 1 aliphatic carbocycles. The second-order valence-corrected chi connectivity index (χ2v) is 5.17. The number of hydrogen-bond acceptors (Lipinski definition) is 2. The van der Waals surface area contributed by atoms with E-state index in [0.717, 1.165) is 6.42 Å². The maximum atomic E-state index is 13.2. The van der Waals surface area contributed by atoms with E-state index in [4.69, 9.17) is 21.8 Å². The van der Waals surface area contributed by atoms with Crippen LogP contribution in [0.4, 0.5) is 8.78 Å². The van der Waals surface area contributed by atoms with Crippen molar-refractivity contribution in [1.29, 1.82) is 0 Å². The van der Waals surface area contributed by atoms with Crippen LogP contribution in [0.2, 0.25) is 5.22 Å². The molecular formula is C12H16ClF2NO. The first-order valence-electron chi connectivity index (χ1n) is 5.85. The third kappa shape index (κ3) is 3.42. The zero-order valence-corrected chi connectivity index (χ0v) is 10.2. The Hall–Kier alpha value is -0.610. The van der Waals surface area contributed by atoms with Crippen LogP contribution in [0.3, 0.4) is 0 Å². The molecular weight excluding hydrogens is 248 g/mol. The molecule has 0 radical (unpaired) electrons. The van der Waals surface area contributed by atoms with Gasteiger partial charge in [0.1, 0.15) is 5.76 Å². The summed E-state index contributed by atoms with van der Waals surface area (Å²) in [6.45, 7) is 0. The zero-order chi connectivity index (χ0) is 12.5. The van der Waals surface area contributed by atoms with Crippen molar-refractivity contribution in [3.63, 3.8) is 0 Å². The number of alkyl halides is 2. The monoisotopic (exact) mass is 263 g/mol. The highest BCUT2D eigenvalue weighted by atomic mass is 35.5. The fraction of sp³-hybridized carbons (Fsp3) is 0.667. The number of hydrogen-bond donors (Lipinski definition) is 1. The van der Waals surface area contributed by atoms with Crippen LogP contribution in [0.15, 0.2) is 16.5 Å². The second kappa shape index (κ2) is 4.94. The quantitative estimate of drug-likeness (QED) is 0.890. The Balaban J connectivity index is 1.92. The van der Waals surface area contributed by atoms with Crippen LogP contribution >= 0.6 is 11.6 Å². The summed E-state index contributed by atoms with van der Waals surface area (Å²) in [5.74, 6) is -1.98. The molecule has 2 unspecified atom stereocenters. The molecule has 2 nitrogen and oxygen atoms in total. The maximum absolute atomic E-state index is 13.2. The van der Waals surface area contributed by atoms with E-state index >= 15 is 0 Å². The van der Waals surface area contributed by atoms with Gasteiger partial charge in [0.15, 0.2) is 5.22 Å². The van der Waals surface area contributed by atoms with Gasteiger partial charge in [0.05, 0.1) is 6.04 Å². The molecule has 0 amide bonds. The minimum atomic E-state index is -2.52. The van der Waals surface area contributed by atoms with Gasteiger partial charge >= 0.3 is 0 Å². The zero-order valence-electron chi connectivity index (χ0n) is 9.46. The first-order valence-corrected chi connectivity index (χ1v) is 6.23. The third-order valence-corrected chi connectivity index (χ3v) is 3.49. The Bertz CT molecular complexity index is 380. The fourth-order valence-electron chi connectivity index (χ4n) is 2.48. The Labute approximate surface area is 104 Å². The summed E-state index contributed by atoms with van der Waals surface area (Å²) in [5, 5.41) is 0.282. The molecule has 0 saturated heterocycles. The SMILES string of the molecule is NC(CC1CCCC(F)(F)C1)c1ccc(Cl)o1. The van der Waals surface area contributed by atoms with Crippen LogP contribution in [0, 0.1) is 5.92 Å². The predicted octanol–water partition coefficient (Wildman–Crippen LogP) is 4.15. The number of rotatable bonds is 3. The van der Waals surface area contributed by atoms with Gasteiger partial charge in [0, 0.05) is 12.8 Å². The summed E-state index contributed by atoms with van der Waals surface area (Å²) in [6.07, 6.45) is 1.86. The number of nitrogens with two attached hydrogens (primary N) is 1. The number of halogens is 3. The van der Waals surface area contributed by atoms with Gasteiger partial charge in [0.25, 0.3) is 0 Å². The van der Waals surface area contributed by atoms with E-state index < -0.39 is 5.92 Å². The van der Waals surface area contributed by atoms with Crippen LogP contribution in [0.5, 0.6) is 0 Å².